The van der Waals surface area contributed by atoms with Gasteiger partial charge in [0.05, 0.1) is 23.8 Å². The molecule has 2 N–H and O–H groups in total. The number of phenols is 1. The fourth-order valence-corrected chi connectivity index (χ4v) is 6.02. The number of terminal acetylenes is 1. The van der Waals surface area contributed by atoms with Crippen molar-refractivity contribution in [3.63, 3.8) is 0 Å². The third-order valence-corrected chi connectivity index (χ3v) is 8.68. The molecule has 0 fully saturated rings. The second-order valence-corrected chi connectivity index (χ2v) is 11.7. The van der Waals surface area contributed by atoms with Gasteiger partial charge in [-0.25, -0.2) is 0 Å². The fourth-order valence-electron chi connectivity index (χ4n) is 5.84. The molecule has 4 aromatic rings. The molecular weight excluding hydrogens is 612 g/mol. The predicted octanol–water partition coefficient (Wildman–Crippen LogP) is 6.38. The quantitative estimate of drug-likeness (QED) is 0.131. The summed E-state index contributed by atoms with van der Waals surface area (Å²) in [4.78, 5) is 31.6. The number of fused-ring (bicyclic) bond motifs is 1. The van der Waals surface area contributed by atoms with E-state index in [-0.39, 0.29) is 42.2 Å². The molecule has 0 aliphatic carbocycles. The Balaban J connectivity index is 1.54. The molecule has 2 amide bonds. The van der Waals surface area contributed by atoms with Gasteiger partial charge in [0.2, 0.25) is 0 Å². The largest absolute Gasteiger partial charge is 0.508 e. The Labute approximate surface area is 279 Å². The first-order chi connectivity index (χ1) is 22.7. The lowest BCUT2D eigenvalue weighted by atomic mass is 9.89. The van der Waals surface area contributed by atoms with Gasteiger partial charge in [0, 0.05) is 65.8 Å². The summed E-state index contributed by atoms with van der Waals surface area (Å²) in [6, 6.07) is 22.9. The molecule has 3 aromatic carbocycles. The number of phenolic OH excluding ortho intramolecular Hbond substituents is 1. The topological polar surface area (TPSA) is 110 Å². The lowest BCUT2D eigenvalue weighted by Crippen LogP contribution is -2.39. The first-order valence-electron chi connectivity index (χ1n) is 14.9. The van der Waals surface area contributed by atoms with Gasteiger partial charge in [0.1, 0.15) is 5.75 Å². The fraction of sp³-hybridized carbons (Fsp3) is 0.184. The number of aromatic nitrogens is 1. The Morgan fingerprint density at radius 3 is 2.55 bits per heavy atom. The van der Waals surface area contributed by atoms with Gasteiger partial charge in [0.15, 0.2) is 0 Å². The Kier molecular flexibility index (Phi) is 9.97. The Morgan fingerprint density at radius 1 is 1.11 bits per heavy atom. The van der Waals surface area contributed by atoms with Crippen LogP contribution in [0.4, 0.5) is 5.69 Å². The molecule has 0 bridgehead atoms. The first-order valence-corrected chi connectivity index (χ1v) is 15.3. The number of carbonyl (C=O) groups is 2. The zero-order chi connectivity index (χ0) is 33.7. The number of hydrogen-bond donors (Lipinski definition) is 2. The molecule has 2 heterocycles. The lowest BCUT2D eigenvalue weighted by molar-refractivity contribution is 0.0698. The van der Waals surface area contributed by atoms with Gasteiger partial charge < -0.3 is 24.6 Å². The van der Waals surface area contributed by atoms with Crippen LogP contribution in [-0.4, -0.2) is 51.2 Å². The summed E-state index contributed by atoms with van der Waals surface area (Å²) in [5, 5.41) is 30.0. The average Bonchev–Trinajstić information content (AvgIpc) is 3.39. The number of halogens is 1. The molecule has 47 heavy (non-hydrogen) atoms. The maximum Gasteiger partial charge on any atom is 0.260 e. The molecule has 0 saturated carbocycles. The second-order valence-electron chi connectivity index (χ2n) is 11.2. The SMILES string of the molecule is C#C/C=C\C(C#N)=C/CN(C(=O)c1cc(-c2cc(Cl)ccc2C(=O)N2Cc3ccccc3C(CO)C2)n(C)c1C)c1ccc(O)cc1. The minimum Gasteiger partial charge on any atom is -0.508 e. The highest BCUT2D eigenvalue weighted by Gasteiger charge is 2.31. The van der Waals surface area contributed by atoms with E-state index in [1.54, 1.807) is 47.4 Å². The molecule has 1 aromatic heterocycles. The minimum absolute atomic E-state index is 0.0465. The Hall–Kier alpha value is -5.54. The van der Waals surface area contributed by atoms with Crippen LogP contribution in [0.15, 0.2) is 96.6 Å². The molecule has 1 unspecified atom stereocenters. The standard InChI is InChI=1S/C38H33ClN4O4/c1-4-5-8-26(21-40)17-18-43(30-12-14-31(45)15-13-30)38(47)34-20-36(41(3)25(34)2)35-19-29(39)11-16-33(35)37(46)42-22-27-9-6-7-10-32(27)28(23-42)24-44/h1,5-17,19-20,28,44-45H,18,22-24H2,2-3H3/b8-5-,26-17+. The molecule has 1 aliphatic heterocycles. The first kappa shape index (κ1) is 32.8. The van der Waals surface area contributed by atoms with Crippen LogP contribution in [-0.2, 0) is 13.6 Å². The number of anilines is 1. The predicted molar refractivity (Wildman–Crippen MR) is 183 cm³/mol. The van der Waals surface area contributed by atoms with E-state index in [9.17, 15) is 25.1 Å². The number of amides is 2. The highest BCUT2D eigenvalue weighted by molar-refractivity contribution is 6.31. The van der Waals surface area contributed by atoms with Crippen LogP contribution in [0.5, 0.6) is 5.75 Å². The van der Waals surface area contributed by atoms with E-state index in [0.29, 0.717) is 51.9 Å². The highest BCUT2D eigenvalue weighted by Crippen LogP contribution is 2.35. The third-order valence-electron chi connectivity index (χ3n) is 8.45. The van der Waals surface area contributed by atoms with E-state index < -0.39 is 0 Å². The van der Waals surface area contributed by atoms with Crippen molar-refractivity contribution in [2.45, 2.75) is 19.4 Å². The zero-order valence-corrected chi connectivity index (χ0v) is 26.8. The van der Waals surface area contributed by atoms with Gasteiger partial charge >= 0.3 is 0 Å². The van der Waals surface area contributed by atoms with Crippen molar-refractivity contribution in [3.8, 4) is 35.4 Å². The van der Waals surface area contributed by atoms with Crippen LogP contribution < -0.4 is 4.90 Å². The number of rotatable bonds is 8. The summed E-state index contributed by atoms with van der Waals surface area (Å²) < 4.78 is 1.85. The van der Waals surface area contributed by atoms with Crippen molar-refractivity contribution in [1.82, 2.24) is 9.47 Å². The van der Waals surface area contributed by atoms with Crippen molar-refractivity contribution in [1.29, 1.82) is 5.26 Å². The summed E-state index contributed by atoms with van der Waals surface area (Å²) >= 11 is 6.48. The minimum atomic E-state index is -0.349. The van der Waals surface area contributed by atoms with Gasteiger partial charge in [-0.15, -0.1) is 6.42 Å². The van der Waals surface area contributed by atoms with E-state index in [1.165, 1.54) is 29.2 Å². The number of carbonyl (C=O) groups excluding carboxylic acids is 2. The van der Waals surface area contributed by atoms with E-state index in [4.69, 9.17) is 18.0 Å². The summed E-state index contributed by atoms with van der Waals surface area (Å²) in [7, 11) is 1.82. The number of nitrogens with zero attached hydrogens (tertiary/aromatic N) is 4. The molecule has 8 nitrogen and oxygen atoms in total. The maximum atomic E-state index is 14.2. The average molecular weight is 645 g/mol. The summed E-state index contributed by atoms with van der Waals surface area (Å²) in [6.07, 6.45) is 9.80. The summed E-state index contributed by atoms with van der Waals surface area (Å²) in [6.45, 7) is 2.55. The normalized spacial score (nSPS) is 14.4. The Bertz CT molecular complexity index is 1980. The van der Waals surface area contributed by atoms with Crippen LogP contribution in [0.2, 0.25) is 5.02 Å². The van der Waals surface area contributed by atoms with Gasteiger partial charge in [0.25, 0.3) is 11.8 Å². The smallest absolute Gasteiger partial charge is 0.260 e. The second kappa shape index (κ2) is 14.3. The van der Waals surface area contributed by atoms with Crippen molar-refractivity contribution < 1.29 is 19.8 Å². The molecule has 0 radical (unpaired) electrons. The van der Waals surface area contributed by atoms with Crippen molar-refractivity contribution in [3.05, 3.63) is 130 Å². The number of hydrogen-bond acceptors (Lipinski definition) is 5. The number of nitriles is 1. The van der Waals surface area contributed by atoms with Crippen LogP contribution in [0, 0.1) is 30.6 Å². The van der Waals surface area contributed by atoms with Gasteiger partial charge in [-0.1, -0.05) is 41.8 Å². The number of aliphatic hydroxyl groups excluding tert-OH is 1. The van der Waals surface area contributed by atoms with Gasteiger partial charge in [-0.3, -0.25) is 9.59 Å². The molecule has 1 aliphatic rings. The molecule has 0 saturated heterocycles. The number of aliphatic hydroxyl groups is 1. The van der Waals surface area contributed by atoms with E-state index in [2.05, 4.69) is 12.0 Å². The molecule has 0 spiro atoms. The summed E-state index contributed by atoms with van der Waals surface area (Å²) in [5.41, 5.74) is 5.45. The molecule has 5 rings (SSSR count). The van der Waals surface area contributed by atoms with Gasteiger partial charge in [-0.05, 0) is 84.8 Å². The van der Waals surface area contributed by atoms with Crippen molar-refractivity contribution >= 4 is 29.1 Å². The zero-order valence-electron chi connectivity index (χ0n) is 26.0. The van der Waals surface area contributed by atoms with Gasteiger partial charge in [-0.2, -0.15) is 5.26 Å². The summed E-state index contributed by atoms with van der Waals surface area (Å²) in [5.74, 6) is 1.64. The van der Waals surface area contributed by atoms with Crippen molar-refractivity contribution in [2.24, 2.45) is 7.05 Å². The van der Waals surface area contributed by atoms with Crippen molar-refractivity contribution in [2.75, 3.05) is 24.6 Å². The highest BCUT2D eigenvalue weighted by atomic mass is 35.5. The third kappa shape index (κ3) is 6.85. The molecule has 1 atom stereocenters. The lowest BCUT2D eigenvalue weighted by Gasteiger charge is -2.34. The maximum absolute atomic E-state index is 14.2. The van der Waals surface area contributed by atoms with Crippen LogP contribution in [0.3, 0.4) is 0 Å². The Morgan fingerprint density at radius 2 is 1.85 bits per heavy atom. The van der Waals surface area contributed by atoms with E-state index in [0.717, 1.165) is 11.1 Å². The van der Waals surface area contributed by atoms with E-state index in [1.807, 2.05) is 42.8 Å². The number of allylic oxidation sites excluding steroid dienone is 3. The number of aromatic hydroxyl groups is 1. The molecule has 9 heteroatoms. The van der Waals surface area contributed by atoms with Crippen LogP contribution in [0.25, 0.3) is 11.3 Å². The van der Waals surface area contributed by atoms with E-state index >= 15 is 0 Å². The molecular formula is C38H33ClN4O4. The number of benzene rings is 3. The molecule has 236 valence electrons. The van der Waals surface area contributed by atoms with Crippen LogP contribution in [0.1, 0.15) is 43.5 Å². The van der Waals surface area contributed by atoms with Crippen LogP contribution >= 0.6 is 11.6 Å². The monoisotopic (exact) mass is 644 g/mol.